The normalized spacial score (nSPS) is 18.9. The van der Waals surface area contributed by atoms with Gasteiger partial charge < -0.3 is 4.74 Å². The zero-order chi connectivity index (χ0) is 13.9. The van der Waals surface area contributed by atoms with Crippen LogP contribution in [0.3, 0.4) is 0 Å². The fraction of sp³-hybridized carbons (Fsp3) is 0.400. The largest absolute Gasteiger partial charge is 0.324 e. The summed E-state index contributed by atoms with van der Waals surface area (Å²) in [5.41, 5.74) is 0.234. The highest BCUT2D eigenvalue weighted by Crippen LogP contribution is 2.29. The van der Waals surface area contributed by atoms with Crippen molar-refractivity contribution >= 4 is 10.9 Å². The monoisotopic (exact) mass is 257 g/mol. The molecule has 0 N–H and O–H groups in total. The predicted molar refractivity (Wildman–Crippen MR) is 75.8 cm³/mol. The van der Waals surface area contributed by atoms with E-state index in [0.29, 0.717) is 0 Å². The van der Waals surface area contributed by atoms with E-state index in [1.54, 1.807) is 0 Å². The van der Waals surface area contributed by atoms with E-state index in [9.17, 15) is 0 Å². The van der Waals surface area contributed by atoms with E-state index in [-0.39, 0.29) is 0 Å². The SMILES string of the molecule is CC1(C)N=NC(C)(C)O1.c1ccc2ncccc2c1. The average molecular weight is 257 g/mol. The molecule has 19 heavy (non-hydrogen) atoms. The highest BCUT2D eigenvalue weighted by Gasteiger charge is 2.34. The first-order valence-corrected chi connectivity index (χ1v) is 6.32. The van der Waals surface area contributed by atoms with Crippen molar-refractivity contribution in [1.29, 1.82) is 0 Å². The van der Waals surface area contributed by atoms with Crippen LogP contribution < -0.4 is 0 Å². The van der Waals surface area contributed by atoms with Crippen molar-refractivity contribution in [3.8, 4) is 0 Å². The number of hydrogen-bond donors (Lipinski definition) is 0. The van der Waals surface area contributed by atoms with Gasteiger partial charge >= 0.3 is 0 Å². The number of aromatic nitrogens is 1. The Bertz CT molecular complexity index is 509. The molecule has 1 aliphatic heterocycles. The molecule has 0 unspecified atom stereocenters. The van der Waals surface area contributed by atoms with Crippen LogP contribution in [0.4, 0.5) is 0 Å². The first-order valence-electron chi connectivity index (χ1n) is 6.32. The van der Waals surface area contributed by atoms with Gasteiger partial charge in [-0.05, 0) is 39.8 Å². The molecular weight excluding hydrogens is 238 g/mol. The number of hydrogen-bond acceptors (Lipinski definition) is 4. The van der Waals surface area contributed by atoms with E-state index in [1.165, 1.54) is 5.39 Å². The molecule has 1 aromatic heterocycles. The van der Waals surface area contributed by atoms with Crippen LogP contribution in [0.2, 0.25) is 0 Å². The van der Waals surface area contributed by atoms with E-state index in [0.717, 1.165) is 5.52 Å². The van der Waals surface area contributed by atoms with Crippen molar-refractivity contribution in [2.24, 2.45) is 10.2 Å². The minimum Gasteiger partial charge on any atom is -0.324 e. The van der Waals surface area contributed by atoms with Gasteiger partial charge in [0.05, 0.1) is 5.52 Å². The molecule has 0 bridgehead atoms. The number of fused-ring (bicyclic) bond motifs is 1. The quantitative estimate of drug-likeness (QED) is 0.711. The van der Waals surface area contributed by atoms with Crippen molar-refractivity contribution in [2.45, 2.75) is 39.1 Å². The first-order chi connectivity index (χ1) is 8.88. The lowest BCUT2D eigenvalue weighted by atomic mass is 10.2. The Balaban J connectivity index is 0.000000141. The minimum atomic E-state index is -0.413. The van der Waals surface area contributed by atoms with Gasteiger partial charge in [0.15, 0.2) is 11.4 Å². The molecular formula is C15H19N3O. The number of rotatable bonds is 0. The molecule has 3 rings (SSSR count). The Morgan fingerprint density at radius 3 is 1.95 bits per heavy atom. The zero-order valence-corrected chi connectivity index (χ0v) is 11.8. The van der Waals surface area contributed by atoms with Gasteiger partial charge in [-0.15, -0.1) is 0 Å². The second-order valence-electron chi connectivity index (χ2n) is 5.39. The van der Waals surface area contributed by atoms with Crippen molar-refractivity contribution in [1.82, 2.24) is 4.98 Å². The number of nitrogens with zero attached hydrogens (tertiary/aromatic N) is 3. The molecule has 0 radical (unpaired) electrons. The summed E-state index contributed by atoms with van der Waals surface area (Å²) in [6.07, 6.45) is 1.81. The summed E-state index contributed by atoms with van der Waals surface area (Å²) in [5.74, 6) is 0. The lowest BCUT2D eigenvalue weighted by Crippen LogP contribution is -2.26. The third kappa shape index (κ3) is 3.83. The van der Waals surface area contributed by atoms with Crippen LogP contribution in [-0.4, -0.2) is 16.4 Å². The molecule has 2 aromatic rings. The summed E-state index contributed by atoms with van der Waals surface area (Å²) in [7, 11) is 0. The summed E-state index contributed by atoms with van der Waals surface area (Å²) in [6, 6.07) is 12.1. The molecule has 0 saturated heterocycles. The van der Waals surface area contributed by atoms with Crippen LogP contribution >= 0.6 is 0 Å². The molecule has 0 atom stereocenters. The lowest BCUT2D eigenvalue weighted by Gasteiger charge is -2.18. The van der Waals surface area contributed by atoms with Gasteiger partial charge in [-0.2, -0.15) is 10.2 Å². The Morgan fingerprint density at radius 1 is 0.842 bits per heavy atom. The van der Waals surface area contributed by atoms with Crippen molar-refractivity contribution in [2.75, 3.05) is 0 Å². The summed E-state index contributed by atoms with van der Waals surface area (Å²) in [5, 5.41) is 9.05. The third-order valence-electron chi connectivity index (χ3n) is 2.54. The minimum absolute atomic E-state index is 0.413. The fourth-order valence-corrected chi connectivity index (χ4v) is 1.91. The highest BCUT2D eigenvalue weighted by molar-refractivity contribution is 5.77. The highest BCUT2D eigenvalue weighted by atomic mass is 16.6. The molecule has 100 valence electrons. The topological polar surface area (TPSA) is 46.8 Å². The fourth-order valence-electron chi connectivity index (χ4n) is 1.91. The maximum atomic E-state index is 5.40. The van der Waals surface area contributed by atoms with Crippen molar-refractivity contribution < 1.29 is 4.74 Å². The predicted octanol–water partition coefficient (Wildman–Crippen LogP) is 4.18. The molecule has 4 nitrogen and oxygen atoms in total. The molecule has 0 saturated carbocycles. The van der Waals surface area contributed by atoms with E-state index >= 15 is 0 Å². The number of para-hydroxylation sites is 1. The van der Waals surface area contributed by atoms with Crippen molar-refractivity contribution in [3.63, 3.8) is 0 Å². The maximum absolute atomic E-state index is 5.40. The molecule has 4 heteroatoms. The van der Waals surface area contributed by atoms with Gasteiger partial charge in [-0.25, -0.2) is 0 Å². The van der Waals surface area contributed by atoms with Gasteiger partial charge in [0.2, 0.25) is 0 Å². The Morgan fingerprint density at radius 2 is 1.42 bits per heavy atom. The number of ether oxygens (including phenoxy) is 1. The Hall–Kier alpha value is -1.81. The lowest BCUT2D eigenvalue weighted by molar-refractivity contribution is -0.0754. The molecule has 0 aliphatic carbocycles. The number of pyridine rings is 1. The summed E-state index contributed by atoms with van der Waals surface area (Å²) >= 11 is 0. The molecule has 1 aliphatic rings. The van der Waals surface area contributed by atoms with Crippen molar-refractivity contribution in [3.05, 3.63) is 42.6 Å². The van der Waals surface area contributed by atoms with Crippen LogP contribution in [0.15, 0.2) is 52.8 Å². The Kier molecular flexibility index (Phi) is 3.62. The standard InChI is InChI=1S/C9H7N.C6H12N2O/c1-2-6-9-8(4-1)5-3-7-10-9;1-5(2)7-8-6(3,4)9-5/h1-7H;1-4H3. The van der Waals surface area contributed by atoms with Gasteiger partial charge in [-0.1, -0.05) is 24.3 Å². The van der Waals surface area contributed by atoms with E-state index in [1.807, 2.05) is 58.2 Å². The van der Waals surface area contributed by atoms with Crippen LogP contribution in [0.25, 0.3) is 10.9 Å². The van der Waals surface area contributed by atoms with Crippen LogP contribution in [0, 0.1) is 0 Å². The number of benzene rings is 1. The zero-order valence-electron chi connectivity index (χ0n) is 11.8. The van der Waals surface area contributed by atoms with E-state index in [2.05, 4.69) is 27.3 Å². The van der Waals surface area contributed by atoms with E-state index in [4.69, 9.17) is 4.74 Å². The molecule has 2 heterocycles. The van der Waals surface area contributed by atoms with Crippen LogP contribution in [0.5, 0.6) is 0 Å². The third-order valence-corrected chi connectivity index (χ3v) is 2.54. The molecule has 0 fully saturated rings. The van der Waals surface area contributed by atoms with E-state index < -0.39 is 11.4 Å². The average Bonchev–Trinajstić information content (AvgIpc) is 2.63. The second-order valence-corrected chi connectivity index (χ2v) is 5.39. The smallest absolute Gasteiger partial charge is 0.176 e. The summed E-state index contributed by atoms with van der Waals surface area (Å²) in [4.78, 5) is 4.18. The molecule has 0 amide bonds. The summed E-state index contributed by atoms with van der Waals surface area (Å²) < 4.78 is 5.40. The Labute approximate surface area is 113 Å². The molecule has 1 aromatic carbocycles. The summed E-state index contributed by atoms with van der Waals surface area (Å²) in [6.45, 7) is 7.58. The molecule has 0 spiro atoms. The van der Waals surface area contributed by atoms with Gasteiger partial charge in [0, 0.05) is 11.6 Å². The maximum Gasteiger partial charge on any atom is 0.176 e. The van der Waals surface area contributed by atoms with Crippen LogP contribution in [-0.2, 0) is 4.74 Å². The van der Waals surface area contributed by atoms with Gasteiger partial charge in [0.1, 0.15) is 0 Å². The first kappa shape index (κ1) is 13.6. The van der Waals surface area contributed by atoms with Gasteiger partial charge in [0.25, 0.3) is 0 Å². The second kappa shape index (κ2) is 5.05. The van der Waals surface area contributed by atoms with Gasteiger partial charge in [-0.3, -0.25) is 4.98 Å². The number of azo groups is 1. The van der Waals surface area contributed by atoms with Crippen LogP contribution in [0.1, 0.15) is 27.7 Å².